The van der Waals surface area contributed by atoms with Gasteiger partial charge in [-0.05, 0) is 37.3 Å². The van der Waals surface area contributed by atoms with E-state index in [2.05, 4.69) is 5.32 Å². The van der Waals surface area contributed by atoms with Crippen LogP contribution < -0.4 is 5.32 Å². The molecule has 1 heterocycles. The molecule has 12 heteroatoms. The SMILES string of the molecule is CC(C(=O)Nc1ccc(S(=O)(=O)N(C)C)cc1)N1C(=O)c2cccc([N+](=O)[O-])c2C1=O. The molecule has 1 aliphatic heterocycles. The number of nitrogens with one attached hydrogen (secondary N) is 1. The number of sulfonamides is 1. The van der Waals surface area contributed by atoms with Gasteiger partial charge in [-0.3, -0.25) is 29.4 Å². The molecule has 162 valence electrons. The van der Waals surface area contributed by atoms with Crippen LogP contribution in [0.3, 0.4) is 0 Å². The van der Waals surface area contributed by atoms with Gasteiger partial charge in [-0.15, -0.1) is 0 Å². The quantitative estimate of drug-likeness (QED) is 0.401. The summed E-state index contributed by atoms with van der Waals surface area (Å²) in [5.41, 5.74) is -0.756. The van der Waals surface area contributed by atoms with Crippen LogP contribution in [0.15, 0.2) is 47.4 Å². The Hall–Kier alpha value is -3.64. The fraction of sp³-hybridized carbons (Fsp3) is 0.211. The minimum absolute atomic E-state index is 0.0243. The summed E-state index contributed by atoms with van der Waals surface area (Å²) in [5.74, 6) is -2.46. The second-order valence-electron chi connectivity index (χ2n) is 6.91. The van der Waals surface area contributed by atoms with Gasteiger partial charge in [-0.2, -0.15) is 0 Å². The van der Waals surface area contributed by atoms with Gasteiger partial charge in [0.25, 0.3) is 17.5 Å². The Kier molecular flexibility index (Phi) is 5.61. The van der Waals surface area contributed by atoms with Crippen molar-refractivity contribution in [3.63, 3.8) is 0 Å². The van der Waals surface area contributed by atoms with Gasteiger partial charge in [0.2, 0.25) is 15.9 Å². The molecule has 1 unspecified atom stereocenters. The van der Waals surface area contributed by atoms with Gasteiger partial charge < -0.3 is 5.32 Å². The zero-order chi connectivity index (χ0) is 23.1. The largest absolute Gasteiger partial charge is 0.324 e. The van der Waals surface area contributed by atoms with Crippen molar-refractivity contribution >= 4 is 39.1 Å². The Morgan fingerprint density at radius 2 is 1.71 bits per heavy atom. The summed E-state index contributed by atoms with van der Waals surface area (Å²) in [6.07, 6.45) is 0. The molecular weight excluding hydrogens is 428 g/mol. The number of nitro groups is 1. The highest BCUT2D eigenvalue weighted by Crippen LogP contribution is 2.32. The molecule has 2 aromatic carbocycles. The first kappa shape index (κ1) is 22.1. The van der Waals surface area contributed by atoms with Crippen molar-refractivity contribution < 1.29 is 27.7 Å². The van der Waals surface area contributed by atoms with Crippen molar-refractivity contribution in [2.24, 2.45) is 0 Å². The third-order valence-electron chi connectivity index (χ3n) is 4.79. The van der Waals surface area contributed by atoms with E-state index in [9.17, 15) is 32.9 Å². The first-order valence-electron chi connectivity index (χ1n) is 8.95. The highest BCUT2D eigenvalue weighted by atomic mass is 32.2. The standard InChI is InChI=1S/C19H18N4O7S/c1-11(17(24)20-12-7-9-13(10-8-12)31(29,30)21(2)3)22-18(25)14-5-4-6-15(23(27)28)16(14)19(22)26/h4-11H,1-3H3,(H,20,24). The lowest BCUT2D eigenvalue weighted by atomic mass is 10.1. The second kappa shape index (κ2) is 7.89. The van der Waals surface area contributed by atoms with Gasteiger partial charge in [0.05, 0.1) is 15.4 Å². The van der Waals surface area contributed by atoms with E-state index in [1.165, 1.54) is 57.4 Å². The maximum Gasteiger partial charge on any atom is 0.282 e. The summed E-state index contributed by atoms with van der Waals surface area (Å²) in [5, 5.41) is 13.7. The maximum absolute atomic E-state index is 12.7. The van der Waals surface area contributed by atoms with Crippen LogP contribution in [-0.4, -0.2) is 60.4 Å². The molecule has 0 bridgehead atoms. The van der Waals surface area contributed by atoms with Crippen LogP contribution in [0.1, 0.15) is 27.6 Å². The first-order valence-corrected chi connectivity index (χ1v) is 10.4. The molecule has 1 atom stereocenters. The van der Waals surface area contributed by atoms with Crippen molar-refractivity contribution in [3.8, 4) is 0 Å². The Bertz CT molecular complexity index is 1210. The molecule has 3 amide bonds. The Morgan fingerprint density at radius 3 is 2.26 bits per heavy atom. The molecule has 0 radical (unpaired) electrons. The predicted molar refractivity (Wildman–Crippen MR) is 109 cm³/mol. The van der Waals surface area contributed by atoms with Gasteiger partial charge in [0.15, 0.2) is 0 Å². The molecular formula is C19H18N4O7S. The van der Waals surface area contributed by atoms with Crippen LogP contribution >= 0.6 is 0 Å². The van der Waals surface area contributed by atoms with E-state index < -0.39 is 44.4 Å². The smallest absolute Gasteiger partial charge is 0.282 e. The summed E-state index contributed by atoms with van der Waals surface area (Å²) < 4.78 is 25.3. The third kappa shape index (κ3) is 3.78. The molecule has 0 aliphatic carbocycles. The predicted octanol–water partition coefficient (Wildman–Crippen LogP) is 1.47. The zero-order valence-corrected chi connectivity index (χ0v) is 17.5. The van der Waals surface area contributed by atoms with E-state index in [-0.39, 0.29) is 21.7 Å². The summed E-state index contributed by atoms with van der Waals surface area (Å²) in [6, 6.07) is 7.78. The van der Waals surface area contributed by atoms with E-state index in [1.54, 1.807) is 0 Å². The number of rotatable bonds is 6. The number of nitrogens with zero attached hydrogens (tertiary/aromatic N) is 3. The van der Waals surface area contributed by atoms with Crippen molar-refractivity contribution in [2.75, 3.05) is 19.4 Å². The van der Waals surface area contributed by atoms with Crippen molar-refractivity contribution in [2.45, 2.75) is 17.9 Å². The Balaban J connectivity index is 1.81. The van der Waals surface area contributed by atoms with Gasteiger partial charge in [-0.1, -0.05) is 6.07 Å². The Morgan fingerprint density at radius 1 is 1.10 bits per heavy atom. The molecule has 0 saturated heterocycles. The lowest BCUT2D eigenvalue weighted by Crippen LogP contribution is -2.45. The molecule has 0 spiro atoms. The number of nitro benzene ring substituents is 1. The number of fused-ring (bicyclic) bond motifs is 1. The minimum Gasteiger partial charge on any atom is -0.324 e. The fourth-order valence-corrected chi connectivity index (χ4v) is 3.98. The second-order valence-corrected chi connectivity index (χ2v) is 9.07. The number of benzene rings is 2. The number of carbonyl (C=O) groups is 3. The molecule has 2 aromatic rings. The molecule has 11 nitrogen and oxygen atoms in total. The lowest BCUT2D eigenvalue weighted by molar-refractivity contribution is -0.385. The van der Waals surface area contributed by atoms with E-state index in [0.29, 0.717) is 4.90 Å². The molecule has 0 fully saturated rings. The van der Waals surface area contributed by atoms with Crippen LogP contribution in [0.4, 0.5) is 11.4 Å². The maximum atomic E-state index is 12.7. The molecule has 0 saturated carbocycles. The number of anilines is 1. The van der Waals surface area contributed by atoms with Crippen molar-refractivity contribution in [1.82, 2.24) is 9.21 Å². The van der Waals surface area contributed by atoms with Crippen LogP contribution in [0.25, 0.3) is 0 Å². The van der Waals surface area contributed by atoms with Crippen molar-refractivity contribution in [1.29, 1.82) is 0 Å². The number of carbonyl (C=O) groups excluding carboxylic acids is 3. The van der Waals surface area contributed by atoms with E-state index in [0.717, 1.165) is 10.4 Å². The normalized spacial score (nSPS) is 14.5. The number of hydrogen-bond donors (Lipinski definition) is 1. The Labute approximate surface area is 177 Å². The van der Waals surface area contributed by atoms with Crippen LogP contribution in [0.2, 0.25) is 0 Å². The highest BCUT2D eigenvalue weighted by molar-refractivity contribution is 7.89. The average Bonchev–Trinajstić information content (AvgIpc) is 2.98. The minimum atomic E-state index is -3.64. The van der Waals surface area contributed by atoms with E-state index in [1.807, 2.05) is 0 Å². The first-order chi connectivity index (χ1) is 14.5. The van der Waals surface area contributed by atoms with E-state index >= 15 is 0 Å². The molecule has 1 N–H and O–H groups in total. The summed E-state index contributed by atoms with van der Waals surface area (Å²) in [4.78, 5) is 49.1. The van der Waals surface area contributed by atoms with Crippen LogP contribution in [0.5, 0.6) is 0 Å². The molecule has 0 aromatic heterocycles. The molecule has 31 heavy (non-hydrogen) atoms. The topological polar surface area (TPSA) is 147 Å². The summed E-state index contributed by atoms with van der Waals surface area (Å²) >= 11 is 0. The summed E-state index contributed by atoms with van der Waals surface area (Å²) in [6.45, 7) is 1.31. The van der Waals surface area contributed by atoms with Gasteiger partial charge in [-0.25, -0.2) is 12.7 Å². The fourth-order valence-electron chi connectivity index (χ4n) is 3.07. The molecule has 1 aliphatic rings. The zero-order valence-electron chi connectivity index (χ0n) is 16.7. The number of amides is 3. The number of hydrogen-bond acceptors (Lipinski definition) is 7. The van der Waals surface area contributed by atoms with Crippen LogP contribution in [-0.2, 0) is 14.8 Å². The number of imide groups is 1. The van der Waals surface area contributed by atoms with Gasteiger partial charge in [0, 0.05) is 25.8 Å². The lowest BCUT2D eigenvalue weighted by Gasteiger charge is -2.21. The highest BCUT2D eigenvalue weighted by Gasteiger charge is 2.44. The average molecular weight is 446 g/mol. The third-order valence-corrected chi connectivity index (χ3v) is 6.62. The molecule has 3 rings (SSSR count). The van der Waals surface area contributed by atoms with Crippen molar-refractivity contribution in [3.05, 3.63) is 63.7 Å². The van der Waals surface area contributed by atoms with Gasteiger partial charge >= 0.3 is 0 Å². The van der Waals surface area contributed by atoms with Crippen LogP contribution in [0, 0.1) is 10.1 Å². The summed E-state index contributed by atoms with van der Waals surface area (Å²) in [7, 11) is -0.864. The van der Waals surface area contributed by atoms with Gasteiger partial charge in [0.1, 0.15) is 11.6 Å². The monoisotopic (exact) mass is 446 g/mol. The van der Waals surface area contributed by atoms with E-state index in [4.69, 9.17) is 0 Å².